The van der Waals surface area contributed by atoms with E-state index in [9.17, 15) is 4.79 Å². The number of nitrogens with two attached hydrogens (primary N) is 4. The van der Waals surface area contributed by atoms with E-state index in [0.29, 0.717) is 21.9 Å². The number of ether oxygens (including phenoxy) is 1. The molecule has 0 saturated carbocycles. The Hall–Kier alpha value is -3.77. The van der Waals surface area contributed by atoms with Gasteiger partial charge in [0.2, 0.25) is 0 Å². The maximum Gasteiger partial charge on any atom is 0.433 e. The molecule has 0 aliphatic heterocycles. The first-order valence-corrected chi connectivity index (χ1v) is 14.9. The normalized spacial score (nSPS) is 11.4. The summed E-state index contributed by atoms with van der Waals surface area (Å²) in [4.78, 5) is 13.8. The third kappa shape index (κ3) is 6.75. The van der Waals surface area contributed by atoms with Gasteiger partial charge in [-0.2, -0.15) is 0 Å². The van der Waals surface area contributed by atoms with Crippen molar-refractivity contribution < 1.29 is 37.1 Å². The van der Waals surface area contributed by atoms with Gasteiger partial charge in [0.05, 0.1) is 0 Å². The molecular formula is C29H28N4O8P2. The summed E-state index contributed by atoms with van der Waals surface area (Å²) >= 11 is 0. The van der Waals surface area contributed by atoms with Gasteiger partial charge in [-0.3, -0.25) is 0 Å². The third-order valence-electron chi connectivity index (χ3n) is 6.54. The highest BCUT2D eigenvalue weighted by atomic mass is 31.2. The molecule has 12 nitrogen and oxygen atoms in total. The molecule has 0 spiro atoms. The lowest BCUT2D eigenvalue weighted by Gasteiger charge is -2.23. The molecule has 8 N–H and O–H groups in total. The number of benzene rings is 5. The van der Waals surface area contributed by atoms with Crippen molar-refractivity contribution in [1.29, 1.82) is 0 Å². The van der Waals surface area contributed by atoms with Gasteiger partial charge in [-0.05, 0) is 46.2 Å². The summed E-state index contributed by atoms with van der Waals surface area (Å²) in [6.07, 6.45) is 0. The molecule has 0 unspecified atom stereocenters. The van der Waals surface area contributed by atoms with E-state index in [1.165, 1.54) is 0 Å². The second kappa shape index (κ2) is 14.1. The zero-order valence-electron chi connectivity index (χ0n) is 22.8. The molecule has 0 aliphatic carbocycles. The number of hydrogen-bond acceptors (Lipinski definition) is 12. The van der Waals surface area contributed by atoms with Crippen LogP contribution in [-0.2, 0) is 29.8 Å². The molecule has 43 heavy (non-hydrogen) atoms. The molecule has 0 bridgehead atoms. The summed E-state index contributed by atoms with van der Waals surface area (Å²) in [7, 11) is -4.53. The molecular weight excluding hydrogens is 594 g/mol. The minimum absolute atomic E-state index is 0.0187. The molecule has 0 aromatic heterocycles. The van der Waals surface area contributed by atoms with Gasteiger partial charge < -0.3 is 13.8 Å². The van der Waals surface area contributed by atoms with Crippen LogP contribution in [0.15, 0.2) is 91.0 Å². The molecule has 0 heterocycles. The lowest BCUT2D eigenvalue weighted by molar-refractivity contribution is 0.0470. The number of aryl methyl sites for hydroxylation is 1. The lowest BCUT2D eigenvalue weighted by atomic mass is 9.90. The molecule has 0 fully saturated rings. The van der Waals surface area contributed by atoms with Crippen molar-refractivity contribution in [2.75, 3.05) is 0 Å². The van der Waals surface area contributed by atoms with Crippen LogP contribution in [0.3, 0.4) is 0 Å². The van der Waals surface area contributed by atoms with Gasteiger partial charge in [0.25, 0.3) is 0 Å². The number of rotatable bonds is 12. The summed E-state index contributed by atoms with van der Waals surface area (Å²) < 4.78 is 37.1. The summed E-state index contributed by atoms with van der Waals surface area (Å²) in [6.45, 7) is 1.99. The number of carbonyl (C=O) groups is 1. The highest BCUT2D eigenvalue weighted by Crippen LogP contribution is 2.52. The molecule has 5 aromatic rings. The van der Waals surface area contributed by atoms with Gasteiger partial charge in [0.15, 0.2) is 5.75 Å². The van der Waals surface area contributed by atoms with Crippen molar-refractivity contribution in [2.45, 2.75) is 13.5 Å². The first-order chi connectivity index (χ1) is 21.0. The monoisotopic (exact) mass is 622 g/mol. The van der Waals surface area contributed by atoms with E-state index in [1.54, 1.807) is 12.1 Å². The molecule has 0 aliphatic rings. The van der Waals surface area contributed by atoms with E-state index in [2.05, 4.69) is 0 Å². The Morgan fingerprint density at radius 2 is 1.26 bits per heavy atom. The fourth-order valence-electron chi connectivity index (χ4n) is 4.61. The van der Waals surface area contributed by atoms with E-state index >= 15 is 0 Å². The van der Waals surface area contributed by atoms with Gasteiger partial charge in [-0.15, -0.1) is 0 Å². The maximum atomic E-state index is 13.8. The van der Waals surface area contributed by atoms with Crippen LogP contribution in [0.4, 0.5) is 0 Å². The quantitative estimate of drug-likeness (QED) is 0.0713. The molecule has 14 heteroatoms. The van der Waals surface area contributed by atoms with E-state index < -0.39 is 23.2 Å². The smallest absolute Gasteiger partial charge is 0.433 e. The van der Waals surface area contributed by atoms with Gasteiger partial charge in [-0.1, -0.05) is 84.4 Å². The van der Waals surface area contributed by atoms with Crippen LogP contribution in [0.2, 0.25) is 0 Å². The number of esters is 1. The zero-order valence-corrected chi connectivity index (χ0v) is 24.6. The fraction of sp³-hybridized carbons (Fsp3) is 0.0690. The topological polar surface area (TPSA) is 186 Å². The minimum Gasteiger partial charge on any atom is -0.457 e. The molecule has 5 rings (SSSR count). The SMILES string of the molecule is Cc1ccc(COC(=O)c2cc3ccccc3c(-c3c(OP(ON)ON)ccc4ccccc34)c2OP(ON)ON)cc1. The summed E-state index contributed by atoms with van der Waals surface area (Å²) in [5.41, 5.74) is 2.88. The Balaban J connectivity index is 1.78. The van der Waals surface area contributed by atoms with Gasteiger partial charge >= 0.3 is 23.2 Å². The van der Waals surface area contributed by atoms with Crippen LogP contribution in [0, 0.1) is 6.92 Å². The third-order valence-corrected chi connectivity index (χ3v) is 7.90. The largest absolute Gasteiger partial charge is 0.457 e. The number of carbonyl (C=O) groups excluding carboxylic acids is 1. The second-order valence-corrected chi connectivity index (χ2v) is 11.2. The van der Waals surface area contributed by atoms with Crippen LogP contribution in [0.1, 0.15) is 21.5 Å². The standard InChI is InChI=1S/C29H28N4O8P2/c1-18-10-12-19(13-11-18)17-35-29(34)24-16-21-7-3-5-9-23(21)27(28(24)37-43(40-32)41-33)26-22-8-4-2-6-20(22)14-15-25(26)36-42(38-30)39-31/h2-16H,17,30-33H2,1H3. The van der Waals surface area contributed by atoms with Crippen LogP contribution >= 0.6 is 17.2 Å². The predicted octanol–water partition coefficient (Wildman–Crippen LogP) is 6.10. The van der Waals surface area contributed by atoms with Crippen LogP contribution in [0.25, 0.3) is 32.7 Å². The van der Waals surface area contributed by atoms with E-state index in [1.807, 2.05) is 85.8 Å². The first kappa shape index (κ1) is 30.7. The molecule has 0 saturated heterocycles. The summed E-state index contributed by atoms with van der Waals surface area (Å²) in [6, 6.07) is 27.8. The van der Waals surface area contributed by atoms with Crippen molar-refractivity contribution in [2.24, 2.45) is 23.6 Å². The molecule has 5 aromatic carbocycles. The predicted molar refractivity (Wildman–Crippen MR) is 163 cm³/mol. The van der Waals surface area contributed by atoms with Crippen molar-refractivity contribution >= 4 is 44.7 Å². The van der Waals surface area contributed by atoms with Crippen molar-refractivity contribution in [3.8, 4) is 22.6 Å². The Labute approximate surface area is 249 Å². The van der Waals surface area contributed by atoms with Crippen molar-refractivity contribution in [1.82, 2.24) is 0 Å². The number of hydrogen-bond donors (Lipinski definition) is 4. The summed E-state index contributed by atoms with van der Waals surface area (Å²) in [5.74, 6) is 21.2. The van der Waals surface area contributed by atoms with Crippen LogP contribution in [0.5, 0.6) is 11.5 Å². The highest BCUT2D eigenvalue weighted by molar-refractivity contribution is 7.42. The molecule has 0 amide bonds. The Morgan fingerprint density at radius 1 is 0.674 bits per heavy atom. The second-order valence-electron chi connectivity index (χ2n) is 9.12. The van der Waals surface area contributed by atoms with E-state index in [4.69, 9.17) is 55.9 Å². The van der Waals surface area contributed by atoms with Gasteiger partial charge in [-0.25, -0.2) is 46.9 Å². The first-order valence-electron chi connectivity index (χ1n) is 12.7. The molecule has 0 radical (unpaired) electrons. The Bertz CT molecular complexity index is 1730. The van der Waals surface area contributed by atoms with E-state index in [0.717, 1.165) is 21.9 Å². The average molecular weight is 623 g/mol. The fourth-order valence-corrected chi connectivity index (χ4v) is 5.53. The number of fused-ring (bicyclic) bond motifs is 2. The maximum absolute atomic E-state index is 13.8. The molecule has 222 valence electrons. The van der Waals surface area contributed by atoms with Crippen LogP contribution < -0.4 is 32.6 Å². The molecule has 0 atom stereocenters. The summed E-state index contributed by atoms with van der Waals surface area (Å²) in [5, 5.41) is 2.97. The van der Waals surface area contributed by atoms with Crippen molar-refractivity contribution in [3.05, 3.63) is 108 Å². The lowest BCUT2D eigenvalue weighted by Crippen LogP contribution is -2.12. The van der Waals surface area contributed by atoms with Gasteiger partial charge in [0, 0.05) is 11.1 Å². The van der Waals surface area contributed by atoms with E-state index in [-0.39, 0.29) is 23.7 Å². The highest BCUT2D eigenvalue weighted by Gasteiger charge is 2.29. The minimum atomic E-state index is -2.35. The van der Waals surface area contributed by atoms with Gasteiger partial charge in [0.1, 0.15) is 17.9 Å². The van der Waals surface area contributed by atoms with Crippen molar-refractivity contribution in [3.63, 3.8) is 0 Å². The van der Waals surface area contributed by atoms with Crippen LogP contribution in [-0.4, -0.2) is 5.97 Å². The zero-order chi connectivity index (χ0) is 30.3. The Kier molecular flexibility index (Phi) is 10.1. The average Bonchev–Trinajstić information content (AvgIpc) is 3.05. The Morgan fingerprint density at radius 3 is 1.91 bits per heavy atom.